The average molecular weight is 189 g/mol. The molecule has 0 amide bonds. The maximum atomic E-state index is 9.46. The second-order valence-electron chi connectivity index (χ2n) is 3.26. The molecule has 0 atom stereocenters. The first-order valence-corrected chi connectivity index (χ1v) is 4.50. The molecular weight excluding hydrogens is 174 g/mol. The highest BCUT2D eigenvalue weighted by atomic mass is 16.3. The van der Waals surface area contributed by atoms with E-state index >= 15 is 0 Å². The Labute approximate surface area is 84.4 Å². The predicted molar refractivity (Wildman–Crippen MR) is 59.7 cm³/mol. The van der Waals surface area contributed by atoms with Crippen molar-refractivity contribution in [3.05, 3.63) is 47.2 Å². The van der Waals surface area contributed by atoms with Crippen LogP contribution in [0.3, 0.4) is 0 Å². The largest absolute Gasteiger partial charge is 0.507 e. The van der Waals surface area contributed by atoms with Crippen molar-refractivity contribution >= 4 is 6.08 Å². The van der Waals surface area contributed by atoms with Gasteiger partial charge in [0.25, 0.3) is 0 Å². The summed E-state index contributed by atoms with van der Waals surface area (Å²) in [5.41, 5.74) is 8.20. The van der Waals surface area contributed by atoms with Crippen molar-refractivity contribution in [2.75, 3.05) is 0 Å². The van der Waals surface area contributed by atoms with Gasteiger partial charge in [0.2, 0.25) is 0 Å². The van der Waals surface area contributed by atoms with Gasteiger partial charge < -0.3 is 10.8 Å². The lowest BCUT2D eigenvalue weighted by Gasteiger charge is -1.98. The molecule has 0 fully saturated rings. The first-order chi connectivity index (χ1) is 6.61. The van der Waals surface area contributed by atoms with E-state index in [1.807, 2.05) is 38.1 Å². The zero-order chi connectivity index (χ0) is 10.6. The Morgan fingerprint density at radius 3 is 2.50 bits per heavy atom. The Balaban J connectivity index is 2.90. The predicted octanol–water partition coefficient (Wildman–Crippen LogP) is 2.66. The van der Waals surface area contributed by atoms with E-state index in [-0.39, 0.29) is 5.75 Å². The summed E-state index contributed by atoms with van der Waals surface area (Å²) >= 11 is 0. The fraction of sp³-hybridized carbons (Fsp3) is 0.167. The topological polar surface area (TPSA) is 46.2 Å². The minimum absolute atomic E-state index is 0.284. The number of aromatic hydroxyl groups is 1. The van der Waals surface area contributed by atoms with Gasteiger partial charge in [0, 0.05) is 11.3 Å². The highest BCUT2D eigenvalue weighted by Crippen LogP contribution is 2.17. The number of hydrogen-bond donors (Lipinski definition) is 2. The van der Waals surface area contributed by atoms with Crippen LogP contribution in [0.25, 0.3) is 6.08 Å². The second kappa shape index (κ2) is 4.51. The standard InChI is InChI=1S/C12H15NO/c1-9(10(2)13)7-8-11-5-3-4-6-12(11)14/h3-8,14H,13H2,1-2H3/b8-7+,10-9-. The molecular formula is C12H15NO. The van der Waals surface area contributed by atoms with E-state index in [9.17, 15) is 5.11 Å². The molecule has 2 heteroatoms. The van der Waals surface area contributed by atoms with Crippen molar-refractivity contribution in [2.24, 2.45) is 5.73 Å². The van der Waals surface area contributed by atoms with E-state index in [1.54, 1.807) is 12.1 Å². The SMILES string of the molecule is C/C(N)=C(C)/C=C/c1ccccc1O. The third-order valence-corrected chi connectivity index (χ3v) is 2.07. The Morgan fingerprint density at radius 1 is 1.29 bits per heavy atom. The Kier molecular flexibility index (Phi) is 3.35. The zero-order valence-electron chi connectivity index (χ0n) is 8.49. The van der Waals surface area contributed by atoms with Crippen molar-refractivity contribution in [3.8, 4) is 5.75 Å². The van der Waals surface area contributed by atoms with Crippen LogP contribution in [0, 0.1) is 0 Å². The van der Waals surface area contributed by atoms with Crippen LogP contribution in [0.4, 0.5) is 0 Å². The number of allylic oxidation sites excluding steroid dienone is 3. The fourth-order valence-corrected chi connectivity index (χ4v) is 0.975. The summed E-state index contributed by atoms with van der Waals surface area (Å²) in [6, 6.07) is 7.19. The van der Waals surface area contributed by atoms with Gasteiger partial charge in [-0.2, -0.15) is 0 Å². The van der Waals surface area contributed by atoms with Gasteiger partial charge in [0.15, 0.2) is 0 Å². The smallest absolute Gasteiger partial charge is 0.122 e. The summed E-state index contributed by atoms with van der Waals surface area (Å²) in [4.78, 5) is 0. The normalized spacial score (nSPS) is 13.0. The van der Waals surface area contributed by atoms with Crippen LogP contribution in [0.5, 0.6) is 5.75 Å². The Hall–Kier alpha value is -1.70. The molecule has 2 nitrogen and oxygen atoms in total. The summed E-state index contributed by atoms with van der Waals surface area (Å²) in [5.74, 6) is 0.284. The minimum Gasteiger partial charge on any atom is -0.507 e. The lowest BCUT2D eigenvalue weighted by atomic mass is 10.1. The summed E-state index contributed by atoms with van der Waals surface area (Å²) in [6.07, 6.45) is 3.74. The molecule has 1 rings (SSSR count). The zero-order valence-corrected chi connectivity index (χ0v) is 8.49. The molecule has 14 heavy (non-hydrogen) atoms. The molecule has 0 saturated carbocycles. The van der Waals surface area contributed by atoms with Gasteiger partial charge in [0.05, 0.1) is 0 Å². The first-order valence-electron chi connectivity index (χ1n) is 4.50. The molecule has 0 radical (unpaired) electrons. The molecule has 1 aromatic carbocycles. The summed E-state index contributed by atoms with van der Waals surface area (Å²) in [5, 5.41) is 9.46. The molecule has 0 unspecified atom stereocenters. The van der Waals surface area contributed by atoms with Gasteiger partial charge in [-0.05, 0) is 25.5 Å². The highest BCUT2D eigenvalue weighted by Gasteiger charge is 1.93. The lowest BCUT2D eigenvalue weighted by Crippen LogP contribution is -1.92. The lowest BCUT2D eigenvalue weighted by molar-refractivity contribution is 0.474. The first kappa shape index (κ1) is 10.4. The molecule has 3 N–H and O–H groups in total. The number of phenolic OH excluding ortho intramolecular Hbond substituents is 1. The molecule has 0 heterocycles. The van der Waals surface area contributed by atoms with Crippen molar-refractivity contribution < 1.29 is 5.11 Å². The molecule has 0 aliphatic rings. The summed E-state index contributed by atoms with van der Waals surface area (Å²) in [6.45, 7) is 3.79. The van der Waals surface area contributed by atoms with E-state index in [4.69, 9.17) is 5.73 Å². The number of nitrogens with two attached hydrogens (primary N) is 1. The molecule has 1 aromatic rings. The third-order valence-electron chi connectivity index (χ3n) is 2.07. The van der Waals surface area contributed by atoms with Crippen LogP contribution < -0.4 is 5.73 Å². The molecule has 0 spiro atoms. The monoisotopic (exact) mass is 189 g/mol. The van der Waals surface area contributed by atoms with E-state index in [2.05, 4.69) is 0 Å². The second-order valence-corrected chi connectivity index (χ2v) is 3.26. The minimum atomic E-state index is 0.284. The molecule has 0 aliphatic carbocycles. The van der Waals surface area contributed by atoms with Gasteiger partial charge in [-0.1, -0.05) is 30.4 Å². The highest BCUT2D eigenvalue weighted by molar-refractivity contribution is 5.58. The van der Waals surface area contributed by atoms with Crippen LogP contribution >= 0.6 is 0 Å². The van der Waals surface area contributed by atoms with Gasteiger partial charge in [0.1, 0.15) is 5.75 Å². The Bertz CT molecular complexity index is 374. The van der Waals surface area contributed by atoms with Gasteiger partial charge in [-0.15, -0.1) is 0 Å². The summed E-state index contributed by atoms with van der Waals surface area (Å²) in [7, 11) is 0. The molecule has 74 valence electrons. The van der Waals surface area contributed by atoms with E-state index in [0.717, 1.165) is 16.8 Å². The van der Waals surface area contributed by atoms with Crippen molar-refractivity contribution in [3.63, 3.8) is 0 Å². The van der Waals surface area contributed by atoms with Gasteiger partial charge in [-0.3, -0.25) is 0 Å². The van der Waals surface area contributed by atoms with Crippen molar-refractivity contribution in [1.29, 1.82) is 0 Å². The van der Waals surface area contributed by atoms with Gasteiger partial charge >= 0.3 is 0 Å². The summed E-state index contributed by atoms with van der Waals surface area (Å²) < 4.78 is 0. The van der Waals surface area contributed by atoms with E-state index in [0.29, 0.717) is 0 Å². The number of phenols is 1. The Morgan fingerprint density at radius 2 is 1.93 bits per heavy atom. The van der Waals surface area contributed by atoms with Crippen LogP contribution in [0.1, 0.15) is 19.4 Å². The van der Waals surface area contributed by atoms with Crippen molar-refractivity contribution in [2.45, 2.75) is 13.8 Å². The third kappa shape index (κ3) is 2.66. The van der Waals surface area contributed by atoms with Gasteiger partial charge in [-0.25, -0.2) is 0 Å². The van der Waals surface area contributed by atoms with Crippen LogP contribution in [0.2, 0.25) is 0 Å². The molecule has 0 bridgehead atoms. The van der Waals surface area contributed by atoms with E-state index < -0.39 is 0 Å². The van der Waals surface area contributed by atoms with Crippen LogP contribution in [0.15, 0.2) is 41.6 Å². The maximum Gasteiger partial charge on any atom is 0.122 e. The molecule has 0 aliphatic heterocycles. The van der Waals surface area contributed by atoms with Crippen LogP contribution in [-0.4, -0.2) is 5.11 Å². The molecule has 0 saturated heterocycles. The van der Waals surface area contributed by atoms with Crippen LogP contribution in [-0.2, 0) is 0 Å². The quantitative estimate of drug-likeness (QED) is 0.702. The number of benzene rings is 1. The average Bonchev–Trinajstić information content (AvgIpc) is 2.16. The fourth-order valence-electron chi connectivity index (χ4n) is 0.975. The molecule has 0 aromatic heterocycles. The maximum absolute atomic E-state index is 9.46. The van der Waals surface area contributed by atoms with E-state index in [1.165, 1.54) is 0 Å². The van der Waals surface area contributed by atoms with Crippen molar-refractivity contribution in [1.82, 2.24) is 0 Å². The number of para-hydroxylation sites is 1. The number of rotatable bonds is 2. The number of hydrogen-bond acceptors (Lipinski definition) is 2.